The molecule has 2 aromatic heterocycles. The number of alkyl halides is 3. The molecule has 2 amide bonds. The van der Waals surface area contributed by atoms with Crippen LogP contribution >= 0.6 is 23.2 Å². The molecule has 0 bridgehead atoms. The lowest BCUT2D eigenvalue weighted by Gasteiger charge is -2.43. The zero-order valence-corrected chi connectivity index (χ0v) is 22.3. The summed E-state index contributed by atoms with van der Waals surface area (Å²) < 4.78 is 64.0. The van der Waals surface area contributed by atoms with E-state index in [-0.39, 0.29) is 32.9 Å². The molecule has 1 saturated heterocycles. The molecular formula is C23H20Cl2F3N5O4S. The van der Waals surface area contributed by atoms with Crippen LogP contribution < -0.4 is 10.6 Å². The average Bonchev–Trinajstić information content (AvgIpc) is 3.26. The predicted molar refractivity (Wildman–Crippen MR) is 135 cm³/mol. The molecule has 1 aliphatic heterocycles. The number of rotatable bonds is 5. The predicted octanol–water partition coefficient (Wildman–Crippen LogP) is 4.46. The van der Waals surface area contributed by atoms with Crippen LogP contribution in [0, 0.1) is 6.92 Å². The Morgan fingerprint density at radius 3 is 2.42 bits per heavy atom. The number of amides is 2. The normalized spacial score (nSPS) is 17.9. The van der Waals surface area contributed by atoms with E-state index >= 15 is 0 Å². The molecule has 3 heterocycles. The Kier molecular flexibility index (Phi) is 7.00. The Hall–Kier alpha value is -3.16. The molecule has 1 aromatic carbocycles. The summed E-state index contributed by atoms with van der Waals surface area (Å²) in [7, 11) is -3.39. The number of benzene rings is 1. The van der Waals surface area contributed by atoms with E-state index in [9.17, 15) is 31.2 Å². The maximum atomic E-state index is 13.5. The van der Waals surface area contributed by atoms with Gasteiger partial charge in [0.2, 0.25) is 0 Å². The van der Waals surface area contributed by atoms with Gasteiger partial charge in [0.1, 0.15) is 5.69 Å². The molecule has 0 saturated carbocycles. The topological polar surface area (TPSA) is 123 Å². The van der Waals surface area contributed by atoms with Gasteiger partial charge in [0.25, 0.3) is 11.8 Å². The second kappa shape index (κ2) is 9.54. The third-order valence-corrected chi connectivity index (χ3v) is 9.46. The smallest absolute Gasteiger partial charge is 0.347 e. The number of nitrogens with one attached hydrogen (secondary N) is 2. The first-order chi connectivity index (χ1) is 17.5. The van der Waals surface area contributed by atoms with Crippen molar-refractivity contribution in [3.8, 4) is 5.82 Å². The van der Waals surface area contributed by atoms with Crippen molar-refractivity contribution in [1.29, 1.82) is 0 Å². The van der Waals surface area contributed by atoms with E-state index in [1.807, 2.05) is 0 Å². The summed E-state index contributed by atoms with van der Waals surface area (Å²) in [6.45, 7) is 4.49. The molecule has 1 fully saturated rings. The summed E-state index contributed by atoms with van der Waals surface area (Å²) >= 11 is 12.2. The molecule has 1 aliphatic rings. The molecule has 2 N–H and O–H groups in total. The van der Waals surface area contributed by atoms with Crippen LogP contribution in [-0.4, -0.2) is 51.5 Å². The minimum Gasteiger partial charge on any atom is -0.347 e. The van der Waals surface area contributed by atoms with Gasteiger partial charge in [0, 0.05) is 17.3 Å². The van der Waals surface area contributed by atoms with Gasteiger partial charge in [0.05, 0.1) is 32.8 Å². The van der Waals surface area contributed by atoms with Crippen LogP contribution in [0.2, 0.25) is 10.0 Å². The summed E-state index contributed by atoms with van der Waals surface area (Å²) in [5, 5.41) is 8.68. The lowest BCUT2D eigenvalue weighted by atomic mass is 10.0. The quantitative estimate of drug-likeness (QED) is 0.453. The first-order valence-corrected chi connectivity index (χ1v) is 13.4. The summed E-state index contributed by atoms with van der Waals surface area (Å²) in [5.74, 6) is -2.25. The number of sulfone groups is 1. The first kappa shape index (κ1) is 27.9. The lowest BCUT2D eigenvalue weighted by molar-refractivity contribution is -0.141. The fraction of sp³-hybridized carbons (Fsp3) is 0.304. The number of anilines is 1. The summed E-state index contributed by atoms with van der Waals surface area (Å²) in [6, 6.07) is 5.36. The van der Waals surface area contributed by atoms with Crippen molar-refractivity contribution >= 4 is 50.5 Å². The molecule has 0 radical (unpaired) electrons. The number of aryl methyl sites for hydroxylation is 1. The van der Waals surface area contributed by atoms with Gasteiger partial charge in [-0.15, -0.1) is 0 Å². The summed E-state index contributed by atoms with van der Waals surface area (Å²) in [5.41, 5.74) is -1.73. The van der Waals surface area contributed by atoms with E-state index < -0.39 is 50.0 Å². The van der Waals surface area contributed by atoms with Crippen molar-refractivity contribution in [1.82, 2.24) is 20.1 Å². The Morgan fingerprint density at radius 1 is 1.16 bits per heavy atom. The Labute approximate surface area is 225 Å². The number of halogens is 5. The van der Waals surface area contributed by atoms with E-state index in [0.717, 1.165) is 0 Å². The monoisotopic (exact) mass is 589 g/mol. The van der Waals surface area contributed by atoms with E-state index in [2.05, 4.69) is 20.7 Å². The van der Waals surface area contributed by atoms with Gasteiger partial charge >= 0.3 is 6.18 Å². The van der Waals surface area contributed by atoms with Crippen molar-refractivity contribution in [3.05, 3.63) is 69.1 Å². The van der Waals surface area contributed by atoms with Gasteiger partial charge < -0.3 is 10.6 Å². The minimum atomic E-state index is -4.88. The fourth-order valence-electron chi connectivity index (χ4n) is 3.85. The second-order valence-electron chi connectivity index (χ2n) is 9.14. The number of pyridine rings is 1. The molecule has 3 aromatic rings. The van der Waals surface area contributed by atoms with Crippen molar-refractivity contribution in [2.24, 2.45) is 0 Å². The minimum absolute atomic E-state index is 0.0367. The molecular weight excluding hydrogens is 570 g/mol. The molecule has 15 heteroatoms. The molecule has 4 rings (SSSR count). The Balaban J connectivity index is 1.72. The Bertz CT molecular complexity index is 1570. The van der Waals surface area contributed by atoms with Crippen molar-refractivity contribution < 1.29 is 31.2 Å². The highest BCUT2D eigenvalue weighted by molar-refractivity contribution is 7.94. The lowest BCUT2D eigenvalue weighted by Crippen LogP contribution is -2.66. The van der Waals surface area contributed by atoms with Crippen LogP contribution in [0.3, 0.4) is 0 Å². The van der Waals surface area contributed by atoms with Crippen LogP contribution in [0.1, 0.15) is 46.0 Å². The molecule has 9 nitrogen and oxygen atoms in total. The SMILES string of the molecule is Cc1cc(Cl)cc(C(=O)NC2CS(=O)(=O)C2(C)C)c1NC(=O)c1cc(C(F)(F)F)nn1-c1ncccc1Cl. The van der Waals surface area contributed by atoms with Crippen molar-refractivity contribution in [3.63, 3.8) is 0 Å². The van der Waals surface area contributed by atoms with Crippen LogP contribution in [0.15, 0.2) is 36.5 Å². The maximum absolute atomic E-state index is 13.5. The van der Waals surface area contributed by atoms with Gasteiger partial charge in [-0.05, 0) is 50.6 Å². The van der Waals surface area contributed by atoms with Gasteiger partial charge in [0.15, 0.2) is 21.3 Å². The molecule has 202 valence electrons. The number of aromatic nitrogens is 3. The largest absolute Gasteiger partial charge is 0.435 e. The third-order valence-electron chi connectivity index (χ3n) is 6.29. The highest BCUT2D eigenvalue weighted by Gasteiger charge is 2.54. The van der Waals surface area contributed by atoms with E-state index in [4.69, 9.17) is 23.2 Å². The Morgan fingerprint density at radius 2 is 1.84 bits per heavy atom. The van der Waals surface area contributed by atoms with E-state index in [1.54, 1.807) is 0 Å². The van der Waals surface area contributed by atoms with Crippen LogP contribution in [0.4, 0.5) is 18.9 Å². The van der Waals surface area contributed by atoms with Gasteiger partial charge in [-0.25, -0.2) is 18.1 Å². The average molecular weight is 590 g/mol. The van der Waals surface area contributed by atoms with E-state index in [0.29, 0.717) is 16.3 Å². The number of nitrogens with zero attached hydrogens (tertiary/aromatic N) is 3. The maximum Gasteiger partial charge on any atom is 0.435 e. The summed E-state index contributed by atoms with van der Waals surface area (Å²) in [4.78, 5) is 30.4. The van der Waals surface area contributed by atoms with Gasteiger partial charge in [-0.1, -0.05) is 23.2 Å². The number of carbonyl (C=O) groups excluding carboxylic acids is 2. The number of hydrogen-bond acceptors (Lipinski definition) is 6. The van der Waals surface area contributed by atoms with Crippen molar-refractivity contribution in [2.45, 2.75) is 37.7 Å². The second-order valence-corrected chi connectivity index (χ2v) is 12.6. The van der Waals surface area contributed by atoms with Crippen LogP contribution in [0.5, 0.6) is 0 Å². The third kappa shape index (κ3) is 4.97. The molecule has 0 aliphatic carbocycles. The fourth-order valence-corrected chi connectivity index (χ4v) is 5.97. The van der Waals surface area contributed by atoms with E-state index in [1.165, 1.54) is 51.2 Å². The standard InChI is InChI=1S/C23H20Cl2F3N5O4S/c1-11-7-12(24)8-13(20(34)30-17-10-38(36,37)22(17,2)3)18(11)31-21(35)15-9-16(23(26,27)28)32-33(15)19-14(25)5-4-6-29-19/h4-9,17H,10H2,1-3H3,(H,30,34)(H,31,35). The summed E-state index contributed by atoms with van der Waals surface area (Å²) in [6.07, 6.45) is -3.61. The molecule has 0 spiro atoms. The van der Waals surface area contributed by atoms with Crippen LogP contribution in [-0.2, 0) is 16.0 Å². The molecule has 1 unspecified atom stereocenters. The zero-order chi connectivity index (χ0) is 28.2. The molecule has 38 heavy (non-hydrogen) atoms. The van der Waals surface area contributed by atoms with Crippen molar-refractivity contribution in [2.75, 3.05) is 11.1 Å². The van der Waals surface area contributed by atoms with Gasteiger partial charge in [-0.2, -0.15) is 18.3 Å². The zero-order valence-electron chi connectivity index (χ0n) is 20.0. The van der Waals surface area contributed by atoms with Gasteiger partial charge in [-0.3, -0.25) is 9.59 Å². The van der Waals surface area contributed by atoms with Crippen LogP contribution in [0.25, 0.3) is 5.82 Å². The molecule has 1 atom stereocenters. The highest BCUT2D eigenvalue weighted by Crippen LogP contribution is 2.35. The first-order valence-electron chi connectivity index (χ1n) is 11.0. The number of hydrogen-bond donors (Lipinski definition) is 2. The highest BCUT2D eigenvalue weighted by atomic mass is 35.5. The number of carbonyl (C=O) groups is 2.